The van der Waals surface area contributed by atoms with Crippen molar-refractivity contribution in [2.24, 2.45) is 4.99 Å². The molecule has 0 bridgehead atoms. The minimum absolute atomic E-state index is 0.422. The van der Waals surface area contributed by atoms with E-state index in [-0.39, 0.29) is 0 Å². The number of aliphatic imine (C=N–C) groups is 1. The molecule has 3 heterocycles. The van der Waals surface area contributed by atoms with Crippen molar-refractivity contribution in [1.82, 2.24) is 10.1 Å². The fraction of sp³-hybridized carbons (Fsp3) is 0.190. The van der Waals surface area contributed by atoms with E-state index in [1.807, 2.05) is 42.6 Å². The van der Waals surface area contributed by atoms with E-state index >= 15 is 0 Å². The van der Waals surface area contributed by atoms with Gasteiger partial charge in [0.2, 0.25) is 0 Å². The first-order valence-corrected chi connectivity index (χ1v) is 8.91. The van der Waals surface area contributed by atoms with Crippen molar-refractivity contribution in [3.05, 3.63) is 78.0 Å². The Bertz CT molecular complexity index is 980. The average Bonchev–Trinajstić information content (AvgIpc) is 3.04. The number of rotatable bonds is 4. The van der Waals surface area contributed by atoms with E-state index in [0.717, 1.165) is 35.4 Å². The topological polar surface area (TPSA) is 86.5 Å². The zero-order chi connectivity index (χ0) is 18.5. The maximum absolute atomic E-state index is 5.90. The number of hydrogen-bond donors (Lipinski definition) is 1. The van der Waals surface area contributed by atoms with Crippen molar-refractivity contribution < 1.29 is 9.26 Å². The second-order valence-corrected chi connectivity index (χ2v) is 6.32. The highest BCUT2D eigenvalue weighted by atomic mass is 16.5. The molecular formula is C21H20N4O2. The van der Waals surface area contributed by atoms with Gasteiger partial charge in [-0.3, -0.25) is 0 Å². The van der Waals surface area contributed by atoms with E-state index < -0.39 is 0 Å². The van der Waals surface area contributed by atoms with Gasteiger partial charge in [0, 0.05) is 31.3 Å². The van der Waals surface area contributed by atoms with Gasteiger partial charge in [-0.15, -0.1) is 0 Å². The molecule has 0 amide bonds. The summed E-state index contributed by atoms with van der Waals surface area (Å²) in [5, 5.41) is 4.14. The van der Waals surface area contributed by atoms with Crippen LogP contribution in [0.15, 0.2) is 81.8 Å². The monoisotopic (exact) mass is 360 g/mol. The molecule has 6 nitrogen and oxygen atoms in total. The minimum Gasteiger partial charge on any atom is -0.443 e. The minimum atomic E-state index is 0.422. The van der Waals surface area contributed by atoms with Gasteiger partial charge < -0.3 is 15.0 Å². The molecule has 0 spiro atoms. The van der Waals surface area contributed by atoms with Crippen LogP contribution < -0.4 is 5.73 Å². The summed E-state index contributed by atoms with van der Waals surface area (Å²) in [7, 11) is 0. The lowest BCUT2D eigenvalue weighted by atomic mass is 10.1. The Morgan fingerprint density at radius 3 is 3.00 bits per heavy atom. The van der Waals surface area contributed by atoms with Gasteiger partial charge in [-0.25, -0.2) is 9.98 Å². The molecule has 0 saturated carbocycles. The van der Waals surface area contributed by atoms with Gasteiger partial charge in [0.1, 0.15) is 11.6 Å². The third kappa shape index (κ3) is 4.23. The molecule has 4 rings (SSSR count). The third-order valence-electron chi connectivity index (χ3n) is 4.24. The average molecular weight is 360 g/mol. The van der Waals surface area contributed by atoms with Crippen LogP contribution >= 0.6 is 0 Å². The molecular weight excluding hydrogens is 340 g/mol. The number of hydrogen-bond acceptors (Lipinski definition) is 6. The maximum Gasteiger partial charge on any atom is 0.198 e. The number of allylic oxidation sites excluding steroid dienone is 5. The first-order chi connectivity index (χ1) is 13.3. The summed E-state index contributed by atoms with van der Waals surface area (Å²) in [4.78, 5) is 8.56. The molecule has 2 aromatic heterocycles. The molecule has 136 valence electrons. The molecule has 0 unspecified atom stereocenters. The number of anilines is 1. The lowest BCUT2D eigenvalue weighted by Crippen LogP contribution is -2.03. The number of nitrogens with zero attached hydrogens (tertiary/aromatic N) is 3. The summed E-state index contributed by atoms with van der Waals surface area (Å²) in [5.41, 5.74) is 8.47. The normalized spacial score (nSPS) is 16.4. The van der Waals surface area contributed by atoms with Gasteiger partial charge in [0.15, 0.2) is 11.7 Å². The fourth-order valence-electron chi connectivity index (χ4n) is 2.89. The quantitative estimate of drug-likeness (QED) is 0.876. The molecule has 0 atom stereocenters. The Labute approximate surface area is 157 Å². The lowest BCUT2D eigenvalue weighted by molar-refractivity contribution is 0.420. The van der Waals surface area contributed by atoms with Gasteiger partial charge in [0.25, 0.3) is 0 Å². The van der Waals surface area contributed by atoms with E-state index in [1.165, 1.54) is 0 Å². The first kappa shape index (κ1) is 17.0. The summed E-state index contributed by atoms with van der Waals surface area (Å²) in [6.45, 7) is 0. The Morgan fingerprint density at radius 1 is 1.19 bits per heavy atom. The predicted molar refractivity (Wildman–Crippen MR) is 105 cm³/mol. The Hall–Kier alpha value is -3.41. The molecule has 2 aliphatic rings. The van der Waals surface area contributed by atoms with E-state index in [4.69, 9.17) is 15.0 Å². The van der Waals surface area contributed by atoms with Crippen LogP contribution in [0.3, 0.4) is 0 Å². The van der Waals surface area contributed by atoms with Crippen LogP contribution in [-0.4, -0.2) is 16.0 Å². The third-order valence-corrected chi connectivity index (χ3v) is 4.24. The largest absolute Gasteiger partial charge is 0.443 e. The zero-order valence-corrected chi connectivity index (χ0v) is 14.8. The van der Waals surface area contributed by atoms with Crippen molar-refractivity contribution in [3.63, 3.8) is 0 Å². The highest BCUT2D eigenvalue weighted by Gasteiger charge is 2.12. The lowest BCUT2D eigenvalue weighted by Gasteiger charge is -2.09. The molecule has 27 heavy (non-hydrogen) atoms. The maximum atomic E-state index is 5.90. The summed E-state index contributed by atoms with van der Waals surface area (Å²) in [6, 6.07) is 5.56. The van der Waals surface area contributed by atoms with Crippen LogP contribution in [0.4, 0.5) is 5.82 Å². The predicted octanol–water partition coefficient (Wildman–Crippen LogP) is 4.35. The van der Waals surface area contributed by atoms with Crippen molar-refractivity contribution in [1.29, 1.82) is 0 Å². The van der Waals surface area contributed by atoms with Crippen LogP contribution in [0.5, 0.6) is 0 Å². The number of aromatic nitrogens is 2. The van der Waals surface area contributed by atoms with Gasteiger partial charge in [-0.1, -0.05) is 23.4 Å². The summed E-state index contributed by atoms with van der Waals surface area (Å²) in [5.74, 6) is 2.58. The molecule has 2 N–H and O–H groups in total. The van der Waals surface area contributed by atoms with Gasteiger partial charge in [-0.05, 0) is 42.7 Å². The summed E-state index contributed by atoms with van der Waals surface area (Å²) in [6.07, 6.45) is 17.1. The van der Waals surface area contributed by atoms with E-state index in [1.54, 1.807) is 6.20 Å². The first-order valence-electron chi connectivity index (χ1n) is 8.91. The van der Waals surface area contributed by atoms with Crippen LogP contribution in [0.2, 0.25) is 0 Å². The summed E-state index contributed by atoms with van der Waals surface area (Å²) < 4.78 is 11.3. The van der Waals surface area contributed by atoms with E-state index in [9.17, 15) is 0 Å². The second-order valence-electron chi connectivity index (χ2n) is 6.32. The van der Waals surface area contributed by atoms with Gasteiger partial charge >= 0.3 is 0 Å². The van der Waals surface area contributed by atoms with Crippen molar-refractivity contribution in [2.75, 3.05) is 5.73 Å². The number of nitrogen functional groups attached to an aromatic ring is 1. The number of ether oxygens (including phenoxy) is 1. The Balaban J connectivity index is 1.46. The highest BCUT2D eigenvalue weighted by Crippen LogP contribution is 2.25. The van der Waals surface area contributed by atoms with E-state index in [0.29, 0.717) is 30.3 Å². The van der Waals surface area contributed by atoms with Gasteiger partial charge in [0.05, 0.1) is 11.3 Å². The van der Waals surface area contributed by atoms with Crippen LogP contribution in [-0.2, 0) is 11.2 Å². The number of nitrogens with two attached hydrogens (primary N) is 1. The molecule has 1 aliphatic carbocycles. The second kappa shape index (κ2) is 7.86. The Morgan fingerprint density at radius 2 is 2.15 bits per heavy atom. The molecule has 0 radical (unpaired) electrons. The van der Waals surface area contributed by atoms with Crippen LogP contribution in [0.25, 0.3) is 11.3 Å². The van der Waals surface area contributed by atoms with E-state index in [2.05, 4.69) is 27.3 Å². The molecule has 0 fully saturated rings. The summed E-state index contributed by atoms with van der Waals surface area (Å²) >= 11 is 0. The highest BCUT2D eigenvalue weighted by molar-refractivity contribution is 5.80. The van der Waals surface area contributed by atoms with Crippen molar-refractivity contribution >= 4 is 11.7 Å². The van der Waals surface area contributed by atoms with Gasteiger partial charge in [-0.2, -0.15) is 0 Å². The van der Waals surface area contributed by atoms with Crippen LogP contribution in [0.1, 0.15) is 25.0 Å². The molecule has 0 aromatic carbocycles. The SMILES string of the molecule is Nc1ncccc1-c1cc(CC2=CN=C(OC3=CCCC=C3)CC=C2)no1. The fourth-order valence-corrected chi connectivity index (χ4v) is 2.89. The van der Waals surface area contributed by atoms with Crippen molar-refractivity contribution in [2.45, 2.75) is 25.7 Å². The zero-order valence-electron chi connectivity index (χ0n) is 14.8. The van der Waals surface area contributed by atoms with Crippen LogP contribution in [0, 0.1) is 0 Å². The van der Waals surface area contributed by atoms with Crippen molar-refractivity contribution in [3.8, 4) is 11.3 Å². The molecule has 1 aliphatic heterocycles. The molecule has 0 saturated heterocycles. The smallest absolute Gasteiger partial charge is 0.198 e. The molecule has 6 heteroatoms. The Kier molecular flexibility index (Phi) is 4.96. The molecule has 2 aromatic rings. The standard InChI is InChI=1S/C21H20N4O2/c22-21-18(9-5-11-23-21)19-13-16(25-27-19)12-15-6-4-10-20(24-14-15)26-17-7-2-1-3-8-17/h2,4-9,11,13-14H,1,3,10,12H2,(H2,22,23). The number of pyridine rings is 1.